The fourth-order valence-corrected chi connectivity index (χ4v) is 5.36. The van der Waals surface area contributed by atoms with E-state index in [0.29, 0.717) is 24.2 Å². The number of aliphatic hydroxyl groups is 1. The number of nitrogens with zero attached hydrogens (tertiary/aromatic N) is 3. The van der Waals surface area contributed by atoms with Gasteiger partial charge in [-0.05, 0) is 63.9 Å². The van der Waals surface area contributed by atoms with E-state index in [1.165, 1.54) is 12.1 Å². The van der Waals surface area contributed by atoms with E-state index in [1.807, 2.05) is 32.1 Å². The number of halogens is 1. The number of pyridine rings is 1. The van der Waals surface area contributed by atoms with E-state index >= 15 is 0 Å². The second-order valence-electron chi connectivity index (χ2n) is 9.11. The third-order valence-corrected chi connectivity index (χ3v) is 6.84. The Morgan fingerprint density at radius 1 is 1.28 bits per heavy atom. The topological polar surface area (TPSA) is 77.8 Å². The molecule has 8 heteroatoms. The number of hydrogen-bond acceptors (Lipinski definition) is 5. The van der Waals surface area contributed by atoms with Crippen LogP contribution >= 0.6 is 0 Å². The number of likely N-dealkylation sites (tertiary alicyclic amines) is 1. The van der Waals surface area contributed by atoms with Gasteiger partial charge in [-0.25, -0.2) is 4.39 Å². The van der Waals surface area contributed by atoms with Gasteiger partial charge >= 0.3 is 0 Å². The van der Waals surface area contributed by atoms with Gasteiger partial charge in [0.2, 0.25) is 5.91 Å². The molecule has 0 bridgehead atoms. The van der Waals surface area contributed by atoms with E-state index in [0.717, 1.165) is 18.7 Å². The van der Waals surface area contributed by atoms with Crippen molar-refractivity contribution in [2.75, 3.05) is 40.8 Å². The summed E-state index contributed by atoms with van der Waals surface area (Å²) in [6.07, 6.45) is 0.854. The number of aromatic nitrogens is 1. The number of amides is 1. The van der Waals surface area contributed by atoms with Crippen LogP contribution in [0.5, 0.6) is 0 Å². The maximum Gasteiger partial charge on any atom is 0.258 e. The number of aliphatic hydroxyl groups excluding tert-OH is 1. The average Bonchev–Trinajstić information content (AvgIpc) is 3.26. The monoisotopic (exact) mass is 442 g/mol. The minimum Gasteiger partial charge on any atom is -0.396 e. The predicted octanol–water partition coefficient (Wildman–Crippen LogP) is 1.32. The molecule has 0 aliphatic carbocycles. The largest absolute Gasteiger partial charge is 0.396 e. The first-order chi connectivity index (χ1) is 15.3. The van der Waals surface area contributed by atoms with E-state index < -0.39 is 6.04 Å². The number of hydrogen-bond donors (Lipinski definition) is 2. The summed E-state index contributed by atoms with van der Waals surface area (Å²) in [6, 6.07) is 9.09. The lowest BCUT2D eigenvalue weighted by atomic mass is 9.88. The van der Waals surface area contributed by atoms with Crippen LogP contribution < -0.4 is 10.9 Å². The zero-order chi connectivity index (χ0) is 23.0. The Kier molecular flexibility index (Phi) is 6.46. The van der Waals surface area contributed by atoms with Crippen LogP contribution in [0.15, 0.2) is 41.2 Å². The fraction of sp³-hybridized carbons (Fsp3) is 0.500. The molecule has 4 rings (SSSR count). The van der Waals surface area contributed by atoms with Gasteiger partial charge in [0.15, 0.2) is 0 Å². The summed E-state index contributed by atoms with van der Waals surface area (Å²) in [4.78, 5) is 30.3. The molecule has 2 aliphatic rings. The van der Waals surface area contributed by atoms with Gasteiger partial charge in [-0.15, -0.1) is 0 Å². The van der Waals surface area contributed by atoms with E-state index in [2.05, 4.69) is 10.2 Å². The van der Waals surface area contributed by atoms with Crippen molar-refractivity contribution in [2.24, 2.45) is 11.8 Å². The lowest BCUT2D eigenvalue weighted by Gasteiger charge is -2.27. The average molecular weight is 443 g/mol. The highest BCUT2D eigenvalue weighted by Gasteiger charge is 2.54. The lowest BCUT2D eigenvalue weighted by Crippen LogP contribution is -2.47. The molecule has 1 fully saturated rings. The predicted molar refractivity (Wildman–Crippen MR) is 121 cm³/mol. The first kappa shape index (κ1) is 22.6. The Labute approximate surface area is 187 Å². The fourth-order valence-electron chi connectivity index (χ4n) is 5.36. The van der Waals surface area contributed by atoms with E-state index in [-0.39, 0.29) is 41.8 Å². The van der Waals surface area contributed by atoms with Crippen LogP contribution in [0, 0.1) is 17.7 Å². The molecule has 1 aromatic heterocycles. The molecule has 2 aliphatic heterocycles. The molecule has 3 heterocycles. The molecule has 0 saturated carbocycles. The maximum atomic E-state index is 13.7. The highest BCUT2D eigenvalue weighted by molar-refractivity contribution is 5.82. The summed E-state index contributed by atoms with van der Waals surface area (Å²) in [5.74, 6) is -0.775. The van der Waals surface area contributed by atoms with Crippen LogP contribution in [0.1, 0.15) is 18.2 Å². The Hall–Kier alpha value is -2.55. The SMILES string of the molecule is CN(C)CCCNC(=O)[C@H]1[C@H](CO)[C@H]2Cn3c(ccc(-c4cccc(F)c4)c3=O)[C@H]2N1C. The van der Waals surface area contributed by atoms with Crippen LogP contribution in [0.3, 0.4) is 0 Å². The molecular weight excluding hydrogens is 411 g/mol. The Morgan fingerprint density at radius 2 is 2.06 bits per heavy atom. The summed E-state index contributed by atoms with van der Waals surface area (Å²) >= 11 is 0. The van der Waals surface area contributed by atoms with E-state index in [1.54, 1.807) is 22.8 Å². The molecule has 1 saturated heterocycles. The Balaban J connectivity index is 1.58. The number of carbonyl (C=O) groups is 1. The molecule has 1 aromatic carbocycles. The smallest absolute Gasteiger partial charge is 0.258 e. The first-order valence-electron chi connectivity index (χ1n) is 11.1. The molecule has 7 nitrogen and oxygen atoms in total. The van der Waals surface area contributed by atoms with Gasteiger partial charge in [0.25, 0.3) is 5.56 Å². The maximum absolute atomic E-state index is 13.7. The second-order valence-corrected chi connectivity index (χ2v) is 9.11. The van der Waals surface area contributed by atoms with Gasteiger partial charge in [-0.2, -0.15) is 0 Å². The van der Waals surface area contributed by atoms with Crippen LogP contribution in [0.25, 0.3) is 11.1 Å². The highest BCUT2D eigenvalue weighted by Crippen LogP contribution is 2.48. The van der Waals surface area contributed by atoms with Gasteiger partial charge < -0.3 is 19.9 Å². The van der Waals surface area contributed by atoms with Crippen molar-refractivity contribution in [2.45, 2.75) is 25.0 Å². The molecule has 0 radical (unpaired) electrons. The summed E-state index contributed by atoms with van der Waals surface area (Å²) < 4.78 is 15.4. The quantitative estimate of drug-likeness (QED) is 0.633. The number of carbonyl (C=O) groups excluding carboxylic acids is 1. The van der Waals surface area contributed by atoms with Crippen molar-refractivity contribution in [3.8, 4) is 11.1 Å². The van der Waals surface area contributed by atoms with Crippen molar-refractivity contribution in [1.82, 2.24) is 19.7 Å². The number of nitrogens with one attached hydrogen (secondary N) is 1. The summed E-state index contributed by atoms with van der Waals surface area (Å²) in [5, 5.41) is 13.2. The molecule has 2 N–H and O–H groups in total. The van der Waals surface area contributed by atoms with Gasteiger partial charge in [0.05, 0.1) is 12.1 Å². The molecular formula is C24H31FN4O3. The van der Waals surface area contributed by atoms with Gasteiger partial charge in [-0.1, -0.05) is 12.1 Å². The molecule has 0 spiro atoms. The van der Waals surface area contributed by atoms with E-state index in [4.69, 9.17) is 0 Å². The van der Waals surface area contributed by atoms with Crippen LogP contribution in [0.2, 0.25) is 0 Å². The third-order valence-electron chi connectivity index (χ3n) is 6.84. The highest BCUT2D eigenvalue weighted by atomic mass is 19.1. The number of rotatable bonds is 7. The minimum atomic E-state index is -0.443. The summed E-state index contributed by atoms with van der Waals surface area (Å²) in [7, 11) is 5.88. The second kappa shape index (κ2) is 9.13. The summed E-state index contributed by atoms with van der Waals surface area (Å²) in [6.45, 7) is 1.78. The number of likely N-dealkylation sites (N-methyl/N-ethyl adjacent to an activating group) is 1. The molecule has 4 atom stereocenters. The van der Waals surface area contributed by atoms with Gasteiger partial charge in [-0.3, -0.25) is 14.5 Å². The van der Waals surface area contributed by atoms with Crippen molar-refractivity contribution >= 4 is 5.91 Å². The standard InChI is InChI=1S/C24H31FN4O3/c1-27(2)11-5-10-26-23(31)22-19(14-30)18-13-29-20(21(18)28(22)3)9-8-17(24(29)32)15-6-4-7-16(25)12-15/h4,6-9,12,18-19,21-22,30H,5,10-11,13-14H2,1-3H3,(H,26,31)/t18-,19-,21+,22-/m1/s1. The normalized spacial score (nSPS) is 24.6. The third kappa shape index (κ3) is 3.98. The number of benzene rings is 1. The molecule has 32 heavy (non-hydrogen) atoms. The van der Waals surface area contributed by atoms with Gasteiger partial charge in [0, 0.05) is 42.8 Å². The van der Waals surface area contributed by atoms with Crippen molar-refractivity contribution in [3.05, 3.63) is 58.3 Å². The first-order valence-corrected chi connectivity index (χ1v) is 11.1. The van der Waals surface area contributed by atoms with Crippen molar-refractivity contribution in [3.63, 3.8) is 0 Å². The van der Waals surface area contributed by atoms with Crippen molar-refractivity contribution < 1.29 is 14.3 Å². The van der Waals surface area contributed by atoms with Crippen LogP contribution in [-0.2, 0) is 11.3 Å². The van der Waals surface area contributed by atoms with Crippen LogP contribution in [0.4, 0.5) is 4.39 Å². The zero-order valence-corrected chi connectivity index (χ0v) is 18.8. The Morgan fingerprint density at radius 3 is 2.75 bits per heavy atom. The summed E-state index contributed by atoms with van der Waals surface area (Å²) in [5.41, 5.74) is 1.66. The lowest BCUT2D eigenvalue weighted by molar-refractivity contribution is -0.127. The van der Waals surface area contributed by atoms with Crippen molar-refractivity contribution in [1.29, 1.82) is 0 Å². The Bertz CT molecular complexity index is 1050. The zero-order valence-electron chi connectivity index (χ0n) is 18.8. The molecule has 0 unspecified atom stereocenters. The molecule has 2 aromatic rings. The van der Waals surface area contributed by atoms with Gasteiger partial charge in [0.1, 0.15) is 5.82 Å². The minimum absolute atomic E-state index is 0.0435. The molecule has 172 valence electrons. The van der Waals surface area contributed by atoms with E-state index in [9.17, 15) is 19.1 Å². The molecule has 1 amide bonds. The van der Waals surface area contributed by atoms with Crippen LogP contribution in [-0.4, -0.2) is 72.3 Å². The number of fused-ring (bicyclic) bond motifs is 3.